The molecule has 9 heteroatoms. The van der Waals surface area contributed by atoms with Crippen molar-refractivity contribution in [3.8, 4) is 0 Å². The van der Waals surface area contributed by atoms with Crippen molar-refractivity contribution in [3.63, 3.8) is 0 Å². The fraction of sp³-hybridized carbons (Fsp3) is 0.520. The molecule has 1 aromatic carbocycles. The van der Waals surface area contributed by atoms with E-state index in [0.717, 1.165) is 29.7 Å². The van der Waals surface area contributed by atoms with Crippen molar-refractivity contribution in [1.29, 1.82) is 0 Å². The van der Waals surface area contributed by atoms with Crippen molar-refractivity contribution < 1.29 is 18.3 Å². The largest absolute Gasteiger partial charge is 0.405 e. The molecule has 184 valence electrons. The van der Waals surface area contributed by atoms with Gasteiger partial charge in [0.15, 0.2) is 0 Å². The van der Waals surface area contributed by atoms with Gasteiger partial charge >= 0.3 is 6.18 Å². The predicted molar refractivity (Wildman–Crippen MR) is 131 cm³/mol. The highest BCUT2D eigenvalue weighted by Gasteiger charge is 2.33. The predicted octanol–water partition coefficient (Wildman–Crippen LogP) is 6.36. The molecule has 0 saturated heterocycles. The van der Waals surface area contributed by atoms with Gasteiger partial charge in [-0.15, -0.1) is 0 Å². The van der Waals surface area contributed by atoms with Gasteiger partial charge in [-0.05, 0) is 43.7 Å². The van der Waals surface area contributed by atoms with Crippen molar-refractivity contribution >= 4 is 28.4 Å². The maximum Gasteiger partial charge on any atom is 0.405 e. The summed E-state index contributed by atoms with van der Waals surface area (Å²) in [7, 11) is 0. The van der Waals surface area contributed by atoms with Gasteiger partial charge in [0.25, 0.3) is 0 Å². The number of aromatic nitrogens is 2. The Balaban J connectivity index is 1.71. The average Bonchev–Trinajstić information content (AvgIpc) is 3.15. The number of fused-ring (bicyclic) bond motifs is 1. The van der Waals surface area contributed by atoms with Crippen LogP contribution in [0.2, 0.25) is 0 Å². The van der Waals surface area contributed by atoms with E-state index >= 15 is 0 Å². The minimum Gasteiger partial charge on any atom is -0.393 e. The van der Waals surface area contributed by atoms with Crippen molar-refractivity contribution in [3.05, 3.63) is 47.2 Å². The Morgan fingerprint density at radius 2 is 1.88 bits per heavy atom. The zero-order valence-corrected chi connectivity index (χ0v) is 20.4. The number of aliphatic hydroxyl groups is 1. The number of rotatable bonds is 7. The first kappa shape index (κ1) is 24.9. The summed E-state index contributed by atoms with van der Waals surface area (Å²) in [6.07, 6.45) is 0.636. The SMILES string of the molecule is CCC1C=C(c2c(C)nc(NCC(F)(F)F)nc2NC2CC(O)C(CC)C2)Sc2ccccc21. The second-order valence-corrected chi connectivity index (χ2v) is 10.1. The van der Waals surface area contributed by atoms with Crippen molar-refractivity contribution in [2.24, 2.45) is 5.92 Å². The summed E-state index contributed by atoms with van der Waals surface area (Å²) >= 11 is 1.64. The molecule has 1 aromatic heterocycles. The molecule has 34 heavy (non-hydrogen) atoms. The molecule has 1 saturated carbocycles. The quantitative estimate of drug-likeness (QED) is 0.418. The molecule has 0 amide bonds. The van der Waals surface area contributed by atoms with E-state index in [9.17, 15) is 18.3 Å². The Labute approximate surface area is 202 Å². The molecule has 2 aliphatic rings. The minimum absolute atomic E-state index is 0.00749. The van der Waals surface area contributed by atoms with E-state index in [1.165, 1.54) is 10.5 Å². The van der Waals surface area contributed by atoms with Crippen molar-refractivity contribution in [1.82, 2.24) is 9.97 Å². The number of hydrogen-bond acceptors (Lipinski definition) is 6. The summed E-state index contributed by atoms with van der Waals surface area (Å²) in [6.45, 7) is 4.81. The standard InChI is InChI=1S/C25H31F3N4OS/c1-4-15-11-21(34-20-9-7-6-8-18(15)20)22-14(3)30-24(29-13-25(26,27)28)32-23(22)31-17-10-16(5-2)19(33)12-17/h6-9,11,15-17,19,33H,4-5,10,12-13H2,1-3H3,(H2,29,30,31,32). The molecule has 4 atom stereocenters. The fourth-order valence-corrected chi connectivity index (χ4v) is 6.16. The maximum absolute atomic E-state index is 12.8. The van der Waals surface area contributed by atoms with Crippen LogP contribution < -0.4 is 10.6 Å². The Bertz CT molecular complexity index is 1060. The first-order valence-corrected chi connectivity index (χ1v) is 12.6. The highest BCUT2D eigenvalue weighted by atomic mass is 32.2. The number of alkyl halides is 3. The van der Waals surface area contributed by atoms with E-state index in [-0.39, 0.29) is 23.8 Å². The summed E-state index contributed by atoms with van der Waals surface area (Å²) in [5.74, 6) is 0.895. The molecular weight excluding hydrogens is 461 g/mol. The Hall–Kier alpha value is -2.26. The van der Waals surface area contributed by atoms with Crippen molar-refractivity contribution in [2.75, 3.05) is 17.2 Å². The summed E-state index contributed by atoms with van der Waals surface area (Å²) in [6, 6.07) is 8.28. The Morgan fingerprint density at radius 3 is 2.56 bits per heavy atom. The summed E-state index contributed by atoms with van der Waals surface area (Å²) < 4.78 is 38.4. The van der Waals surface area contributed by atoms with Crippen molar-refractivity contribution in [2.45, 2.75) is 75.6 Å². The van der Waals surface area contributed by atoms with E-state index in [1.54, 1.807) is 11.8 Å². The molecule has 0 radical (unpaired) electrons. The van der Waals surface area contributed by atoms with Crippen LogP contribution >= 0.6 is 11.8 Å². The lowest BCUT2D eigenvalue weighted by atomic mass is 9.94. The van der Waals surface area contributed by atoms with E-state index in [1.807, 2.05) is 19.1 Å². The number of benzene rings is 1. The highest BCUT2D eigenvalue weighted by molar-refractivity contribution is 8.08. The number of thioether (sulfide) groups is 1. The van der Waals surface area contributed by atoms with Gasteiger partial charge in [0.05, 0.1) is 17.4 Å². The normalized spacial score (nSPS) is 24.5. The van der Waals surface area contributed by atoms with Crippen LogP contribution in [0.1, 0.15) is 62.3 Å². The second-order valence-electron chi connectivity index (χ2n) is 9.06. The monoisotopic (exact) mass is 492 g/mol. The number of nitrogens with one attached hydrogen (secondary N) is 2. The van der Waals surface area contributed by atoms with Gasteiger partial charge < -0.3 is 15.7 Å². The Morgan fingerprint density at radius 1 is 1.12 bits per heavy atom. The minimum atomic E-state index is -4.37. The molecule has 2 aromatic rings. The van der Waals surface area contributed by atoms with Gasteiger partial charge in [-0.3, -0.25) is 0 Å². The molecular formula is C25H31F3N4OS. The molecule has 1 fully saturated rings. The van der Waals surface area contributed by atoms with Crippen LogP contribution in [0, 0.1) is 12.8 Å². The van der Waals surface area contributed by atoms with Crippen LogP contribution in [-0.4, -0.2) is 39.9 Å². The van der Waals surface area contributed by atoms with Crippen LogP contribution in [0.3, 0.4) is 0 Å². The maximum atomic E-state index is 12.8. The summed E-state index contributed by atoms with van der Waals surface area (Å²) in [5, 5.41) is 16.2. The molecule has 1 aliphatic carbocycles. The molecule has 5 nitrogen and oxygen atoms in total. The third-order valence-corrected chi connectivity index (χ3v) is 7.79. The van der Waals surface area contributed by atoms with Gasteiger partial charge in [-0.1, -0.05) is 56.3 Å². The average molecular weight is 493 g/mol. The van der Waals surface area contributed by atoms with Crippen LogP contribution in [0.25, 0.3) is 4.91 Å². The number of nitrogens with zero attached hydrogens (tertiary/aromatic N) is 2. The third kappa shape index (κ3) is 5.51. The molecule has 4 rings (SSSR count). The highest BCUT2D eigenvalue weighted by Crippen LogP contribution is 2.48. The van der Waals surface area contributed by atoms with Gasteiger partial charge in [0.1, 0.15) is 12.4 Å². The van der Waals surface area contributed by atoms with Crippen LogP contribution in [0.4, 0.5) is 24.9 Å². The molecule has 4 unspecified atom stereocenters. The van der Waals surface area contributed by atoms with Gasteiger partial charge in [-0.2, -0.15) is 18.2 Å². The lowest BCUT2D eigenvalue weighted by Gasteiger charge is -2.26. The third-order valence-electron chi connectivity index (χ3n) is 6.64. The van der Waals surface area contributed by atoms with Crippen LogP contribution in [0.5, 0.6) is 0 Å². The topological polar surface area (TPSA) is 70.1 Å². The lowest BCUT2D eigenvalue weighted by Crippen LogP contribution is -2.24. The first-order valence-electron chi connectivity index (χ1n) is 11.8. The molecule has 0 bridgehead atoms. The van der Waals surface area contributed by atoms with E-state index in [4.69, 9.17) is 0 Å². The van der Waals surface area contributed by atoms with Gasteiger partial charge in [0, 0.05) is 21.8 Å². The number of halogens is 3. The van der Waals surface area contributed by atoms with E-state index in [2.05, 4.69) is 52.7 Å². The number of aliphatic hydroxyl groups excluding tert-OH is 1. The number of hydrogen-bond donors (Lipinski definition) is 3. The fourth-order valence-electron chi connectivity index (χ4n) is 4.86. The second kappa shape index (κ2) is 10.2. The van der Waals surface area contributed by atoms with Gasteiger partial charge in [-0.25, -0.2) is 4.98 Å². The van der Waals surface area contributed by atoms with Crippen LogP contribution in [-0.2, 0) is 0 Å². The van der Waals surface area contributed by atoms with Crippen LogP contribution in [0.15, 0.2) is 35.2 Å². The molecule has 2 heterocycles. The molecule has 3 N–H and O–H groups in total. The number of allylic oxidation sites excluding steroid dienone is 1. The number of anilines is 2. The number of aryl methyl sites for hydroxylation is 1. The lowest BCUT2D eigenvalue weighted by molar-refractivity contribution is -0.115. The first-order chi connectivity index (χ1) is 16.2. The zero-order valence-electron chi connectivity index (χ0n) is 19.6. The summed E-state index contributed by atoms with van der Waals surface area (Å²) in [5.41, 5.74) is 2.70. The van der Waals surface area contributed by atoms with Gasteiger partial charge in [0.2, 0.25) is 5.95 Å². The Kier molecular flexibility index (Phi) is 7.42. The molecule has 1 aliphatic heterocycles. The van der Waals surface area contributed by atoms with E-state index < -0.39 is 18.8 Å². The van der Waals surface area contributed by atoms with E-state index in [0.29, 0.717) is 17.9 Å². The molecule has 0 spiro atoms. The zero-order chi connectivity index (χ0) is 24.5. The summed E-state index contributed by atoms with van der Waals surface area (Å²) in [4.78, 5) is 11.0. The smallest absolute Gasteiger partial charge is 0.393 e.